The summed E-state index contributed by atoms with van der Waals surface area (Å²) < 4.78 is 19.4. The fraction of sp³-hybridized carbons (Fsp3) is 0.133. The van der Waals surface area contributed by atoms with E-state index >= 15 is 0 Å². The van der Waals surface area contributed by atoms with Crippen molar-refractivity contribution in [2.75, 3.05) is 0 Å². The predicted octanol–water partition coefficient (Wildman–Crippen LogP) is 3.57. The largest absolute Gasteiger partial charge is 0.489 e. The molecule has 0 atom stereocenters. The maximum atomic E-state index is 13.0. The van der Waals surface area contributed by atoms with Crippen molar-refractivity contribution in [1.82, 2.24) is 0 Å². The van der Waals surface area contributed by atoms with E-state index in [2.05, 4.69) is 21.1 Å². The van der Waals surface area contributed by atoms with Gasteiger partial charge in [-0.3, -0.25) is 0 Å². The van der Waals surface area contributed by atoms with Gasteiger partial charge in [-0.25, -0.2) is 4.39 Å². The zero-order valence-corrected chi connectivity index (χ0v) is 12.9. The molecule has 0 saturated heterocycles. The summed E-state index contributed by atoms with van der Waals surface area (Å²) in [6.45, 7) is 2.17. The van der Waals surface area contributed by atoms with Crippen LogP contribution in [-0.2, 0) is 6.61 Å². The first-order chi connectivity index (χ1) is 10.0. The molecule has 0 aliphatic carbocycles. The Morgan fingerprint density at radius 1 is 1.33 bits per heavy atom. The molecule has 0 aliphatic rings. The van der Waals surface area contributed by atoms with Crippen LogP contribution in [0.25, 0.3) is 0 Å². The number of nitrogens with zero attached hydrogens (tertiary/aromatic N) is 1. The third-order valence-electron chi connectivity index (χ3n) is 2.99. The Morgan fingerprint density at radius 3 is 2.76 bits per heavy atom. The SMILES string of the molecule is Cc1ccc(/C(N)=N/O)cc1OCc1ccc(F)cc1Br. The smallest absolute Gasteiger partial charge is 0.170 e. The lowest BCUT2D eigenvalue weighted by atomic mass is 10.1. The van der Waals surface area contributed by atoms with E-state index in [9.17, 15) is 4.39 Å². The molecule has 0 amide bonds. The maximum absolute atomic E-state index is 13.0. The molecular weight excluding hydrogens is 339 g/mol. The molecule has 0 aromatic heterocycles. The number of hydrogen-bond acceptors (Lipinski definition) is 3. The van der Waals surface area contributed by atoms with Gasteiger partial charge in [0.2, 0.25) is 0 Å². The van der Waals surface area contributed by atoms with Crippen molar-refractivity contribution in [3.05, 3.63) is 63.4 Å². The highest BCUT2D eigenvalue weighted by Crippen LogP contribution is 2.23. The second kappa shape index (κ2) is 6.58. The third kappa shape index (κ3) is 3.72. The van der Waals surface area contributed by atoms with E-state index in [0.29, 0.717) is 15.8 Å². The minimum Gasteiger partial charge on any atom is -0.489 e. The molecule has 0 bridgehead atoms. The number of nitrogens with two attached hydrogens (primary N) is 1. The van der Waals surface area contributed by atoms with E-state index in [4.69, 9.17) is 15.7 Å². The molecule has 2 rings (SSSR count). The number of amidine groups is 1. The molecule has 0 heterocycles. The van der Waals surface area contributed by atoms with Gasteiger partial charge >= 0.3 is 0 Å². The fourth-order valence-electron chi connectivity index (χ4n) is 1.77. The summed E-state index contributed by atoms with van der Waals surface area (Å²) in [5.41, 5.74) is 7.87. The Balaban J connectivity index is 2.19. The molecule has 0 unspecified atom stereocenters. The number of ether oxygens (including phenoxy) is 1. The molecule has 0 radical (unpaired) electrons. The predicted molar refractivity (Wildman–Crippen MR) is 82.1 cm³/mol. The molecule has 3 N–H and O–H groups in total. The maximum Gasteiger partial charge on any atom is 0.170 e. The number of hydrogen-bond donors (Lipinski definition) is 2. The van der Waals surface area contributed by atoms with Crippen molar-refractivity contribution >= 4 is 21.8 Å². The van der Waals surface area contributed by atoms with Crippen molar-refractivity contribution < 1.29 is 14.3 Å². The van der Waals surface area contributed by atoms with Crippen LogP contribution in [0.5, 0.6) is 5.75 Å². The molecule has 2 aromatic carbocycles. The zero-order chi connectivity index (χ0) is 15.4. The van der Waals surface area contributed by atoms with Gasteiger partial charge in [-0.1, -0.05) is 39.3 Å². The topological polar surface area (TPSA) is 67.8 Å². The number of halogens is 2. The minimum absolute atomic E-state index is 0.0165. The van der Waals surface area contributed by atoms with E-state index in [1.54, 1.807) is 18.2 Å². The summed E-state index contributed by atoms with van der Waals surface area (Å²) in [6, 6.07) is 9.68. The van der Waals surface area contributed by atoms with Crippen LogP contribution >= 0.6 is 15.9 Å². The van der Waals surface area contributed by atoms with Crippen LogP contribution in [0.15, 0.2) is 46.0 Å². The van der Waals surface area contributed by atoms with Gasteiger partial charge in [-0.05, 0) is 30.7 Å². The lowest BCUT2D eigenvalue weighted by Gasteiger charge is -2.12. The molecule has 4 nitrogen and oxygen atoms in total. The highest BCUT2D eigenvalue weighted by atomic mass is 79.9. The van der Waals surface area contributed by atoms with Gasteiger partial charge in [0.1, 0.15) is 18.2 Å². The Labute approximate surface area is 130 Å². The lowest BCUT2D eigenvalue weighted by molar-refractivity contribution is 0.303. The van der Waals surface area contributed by atoms with Crippen LogP contribution in [-0.4, -0.2) is 11.0 Å². The van der Waals surface area contributed by atoms with Gasteiger partial charge < -0.3 is 15.7 Å². The molecule has 0 spiro atoms. The minimum atomic E-state index is -0.310. The van der Waals surface area contributed by atoms with Crippen LogP contribution in [0.2, 0.25) is 0 Å². The Kier molecular flexibility index (Phi) is 4.80. The summed E-state index contributed by atoms with van der Waals surface area (Å²) in [5, 5.41) is 11.7. The monoisotopic (exact) mass is 352 g/mol. The van der Waals surface area contributed by atoms with Gasteiger partial charge in [0, 0.05) is 15.6 Å². The molecule has 0 fully saturated rings. The van der Waals surface area contributed by atoms with E-state index in [1.165, 1.54) is 12.1 Å². The Bertz CT molecular complexity index is 689. The number of benzene rings is 2. The molecule has 0 saturated carbocycles. The quantitative estimate of drug-likeness (QED) is 0.382. The first-order valence-corrected chi connectivity index (χ1v) is 6.96. The van der Waals surface area contributed by atoms with Crippen LogP contribution in [0, 0.1) is 12.7 Å². The van der Waals surface area contributed by atoms with Crippen molar-refractivity contribution in [1.29, 1.82) is 0 Å². The van der Waals surface area contributed by atoms with Crippen molar-refractivity contribution in [3.63, 3.8) is 0 Å². The molecule has 2 aromatic rings. The van der Waals surface area contributed by atoms with E-state index in [-0.39, 0.29) is 18.3 Å². The number of oxime groups is 1. The summed E-state index contributed by atoms with van der Waals surface area (Å²) >= 11 is 3.30. The summed E-state index contributed by atoms with van der Waals surface area (Å²) in [4.78, 5) is 0. The second-order valence-electron chi connectivity index (χ2n) is 4.49. The average molecular weight is 353 g/mol. The van der Waals surface area contributed by atoms with E-state index < -0.39 is 0 Å². The summed E-state index contributed by atoms with van der Waals surface area (Å²) in [6.07, 6.45) is 0. The van der Waals surface area contributed by atoms with Crippen LogP contribution in [0.4, 0.5) is 4.39 Å². The highest BCUT2D eigenvalue weighted by Gasteiger charge is 2.07. The van der Waals surface area contributed by atoms with Gasteiger partial charge in [-0.15, -0.1) is 0 Å². The van der Waals surface area contributed by atoms with Gasteiger partial charge in [0.25, 0.3) is 0 Å². The van der Waals surface area contributed by atoms with Crippen LogP contribution in [0.3, 0.4) is 0 Å². The summed E-state index contributed by atoms with van der Waals surface area (Å²) in [7, 11) is 0. The molecule has 0 aliphatic heterocycles. The van der Waals surface area contributed by atoms with Gasteiger partial charge in [0.05, 0.1) is 0 Å². The average Bonchev–Trinajstić information content (AvgIpc) is 2.47. The highest BCUT2D eigenvalue weighted by molar-refractivity contribution is 9.10. The third-order valence-corrected chi connectivity index (χ3v) is 3.73. The Hall–Kier alpha value is -2.08. The first kappa shape index (κ1) is 15.3. The van der Waals surface area contributed by atoms with Gasteiger partial charge in [0.15, 0.2) is 5.84 Å². The standard InChI is InChI=1S/C15H14BrFN2O2/c1-9-2-3-10(15(18)19-20)6-14(9)21-8-11-4-5-12(17)7-13(11)16/h2-7,20H,8H2,1H3,(H2,18,19). The summed E-state index contributed by atoms with van der Waals surface area (Å²) in [5.74, 6) is 0.328. The zero-order valence-electron chi connectivity index (χ0n) is 11.3. The van der Waals surface area contributed by atoms with Crippen LogP contribution in [0.1, 0.15) is 16.7 Å². The normalized spacial score (nSPS) is 11.5. The molecule has 6 heteroatoms. The molecule has 110 valence electrons. The van der Waals surface area contributed by atoms with Gasteiger partial charge in [-0.2, -0.15) is 0 Å². The van der Waals surface area contributed by atoms with Crippen molar-refractivity contribution in [2.24, 2.45) is 10.9 Å². The van der Waals surface area contributed by atoms with Crippen molar-refractivity contribution in [2.45, 2.75) is 13.5 Å². The second-order valence-corrected chi connectivity index (χ2v) is 5.34. The van der Waals surface area contributed by atoms with Crippen LogP contribution < -0.4 is 10.5 Å². The lowest BCUT2D eigenvalue weighted by Crippen LogP contribution is -2.13. The van der Waals surface area contributed by atoms with E-state index in [0.717, 1.165) is 11.1 Å². The number of aryl methyl sites for hydroxylation is 1. The number of rotatable bonds is 4. The van der Waals surface area contributed by atoms with E-state index in [1.807, 2.05) is 13.0 Å². The fourth-order valence-corrected chi connectivity index (χ4v) is 2.23. The molecule has 21 heavy (non-hydrogen) atoms. The Morgan fingerprint density at radius 2 is 2.10 bits per heavy atom. The first-order valence-electron chi connectivity index (χ1n) is 6.16. The molecular formula is C15H14BrFN2O2. The van der Waals surface area contributed by atoms with Crippen molar-refractivity contribution in [3.8, 4) is 5.75 Å².